The van der Waals surface area contributed by atoms with Crippen molar-refractivity contribution < 1.29 is 25.0 Å². The zero-order valence-corrected chi connectivity index (χ0v) is 11.6. The van der Waals surface area contributed by atoms with E-state index in [1.54, 1.807) is 13.8 Å². The van der Waals surface area contributed by atoms with Crippen LogP contribution in [0, 0.1) is 17.0 Å². The SMILES string of the molecule is Cc1cc([N+](=O)[O-])ccc1N[C@@H]1O[C@H](C)[C@H](O)[C@H](O)[C@H]1O. The van der Waals surface area contributed by atoms with Gasteiger partial charge in [-0.3, -0.25) is 10.1 Å². The fourth-order valence-electron chi connectivity index (χ4n) is 2.25. The molecule has 8 nitrogen and oxygen atoms in total. The highest BCUT2D eigenvalue weighted by Gasteiger charge is 2.41. The first kappa shape index (κ1) is 15.6. The van der Waals surface area contributed by atoms with Crippen LogP contribution in [0.25, 0.3) is 0 Å². The number of ether oxygens (including phenoxy) is 1. The normalized spacial score (nSPS) is 32.7. The molecule has 0 radical (unpaired) electrons. The number of benzene rings is 1. The second-order valence-corrected chi connectivity index (χ2v) is 5.13. The van der Waals surface area contributed by atoms with E-state index in [0.717, 1.165) is 0 Å². The molecule has 1 saturated heterocycles. The molecule has 0 saturated carbocycles. The highest BCUT2D eigenvalue weighted by molar-refractivity contribution is 5.55. The van der Waals surface area contributed by atoms with Crippen LogP contribution in [0.2, 0.25) is 0 Å². The van der Waals surface area contributed by atoms with Crippen molar-refractivity contribution in [3.63, 3.8) is 0 Å². The van der Waals surface area contributed by atoms with E-state index in [0.29, 0.717) is 11.3 Å². The van der Waals surface area contributed by atoms with Gasteiger partial charge < -0.3 is 25.4 Å². The van der Waals surface area contributed by atoms with E-state index < -0.39 is 35.6 Å². The Morgan fingerprint density at radius 3 is 2.48 bits per heavy atom. The van der Waals surface area contributed by atoms with E-state index >= 15 is 0 Å². The number of aliphatic hydroxyl groups is 3. The number of hydrogen-bond donors (Lipinski definition) is 4. The van der Waals surface area contributed by atoms with Gasteiger partial charge in [-0.15, -0.1) is 0 Å². The van der Waals surface area contributed by atoms with Crippen molar-refractivity contribution in [1.82, 2.24) is 0 Å². The standard InChI is InChI=1S/C13H18N2O6/c1-6-5-8(15(19)20)3-4-9(6)14-13-12(18)11(17)10(16)7(2)21-13/h3-5,7,10-14,16-18H,1-2H3/t7-,10+,11+,12-,13-/m1/s1. The first-order chi connectivity index (χ1) is 9.81. The summed E-state index contributed by atoms with van der Waals surface area (Å²) in [5.74, 6) is 0. The molecule has 0 bridgehead atoms. The van der Waals surface area contributed by atoms with E-state index in [1.165, 1.54) is 18.2 Å². The summed E-state index contributed by atoms with van der Waals surface area (Å²) < 4.78 is 5.41. The molecule has 1 fully saturated rings. The maximum Gasteiger partial charge on any atom is 0.269 e. The van der Waals surface area contributed by atoms with Gasteiger partial charge in [-0.2, -0.15) is 0 Å². The number of nitrogens with one attached hydrogen (secondary N) is 1. The van der Waals surface area contributed by atoms with Crippen molar-refractivity contribution in [2.24, 2.45) is 0 Å². The van der Waals surface area contributed by atoms with Crippen LogP contribution in [-0.4, -0.2) is 50.9 Å². The molecule has 2 rings (SSSR count). The Balaban J connectivity index is 2.16. The number of aryl methyl sites for hydroxylation is 1. The monoisotopic (exact) mass is 298 g/mol. The predicted molar refractivity (Wildman–Crippen MR) is 73.8 cm³/mol. The molecule has 1 aromatic carbocycles. The molecule has 21 heavy (non-hydrogen) atoms. The molecule has 4 N–H and O–H groups in total. The van der Waals surface area contributed by atoms with Crippen LogP contribution in [-0.2, 0) is 4.74 Å². The molecule has 8 heteroatoms. The molecular weight excluding hydrogens is 280 g/mol. The van der Waals surface area contributed by atoms with Gasteiger partial charge in [0.05, 0.1) is 11.0 Å². The maximum atomic E-state index is 10.7. The Hall–Kier alpha value is -1.74. The number of aliphatic hydroxyl groups excluding tert-OH is 3. The van der Waals surface area contributed by atoms with E-state index in [-0.39, 0.29) is 5.69 Å². The largest absolute Gasteiger partial charge is 0.388 e. The lowest BCUT2D eigenvalue weighted by Crippen LogP contribution is -2.58. The van der Waals surface area contributed by atoms with Crippen molar-refractivity contribution >= 4 is 11.4 Å². The van der Waals surface area contributed by atoms with Crippen molar-refractivity contribution in [2.45, 2.75) is 44.5 Å². The second kappa shape index (κ2) is 5.94. The Bertz CT molecular complexity index is 537. The van der Waals surface area contributed by atoms with Gasteiger partial charge in [-0.25, -0.2) is 0 Å². The van der Waals surface area contributed by atoms with Crippen LogP contribution in [0.15, 0.2) is 18.2 Å². The van der Waals surface area contributed by atoms with Gasteiger partial charge in [-0.05, 0) is 25.5 Å². The number of anilines is 1. The second-order valence-electron chi connectivity index (χ2n) is 5.13. The topological polar surface area (TPSA) is 125 Å². The summed E-state index contributed by atoms with van der Waals surface area (Å²) in [6, 6.07) is 4.23. The maximum absolute atomic E-state index is 10.7. The van der Waals surface area contributed by atoms with Crippen molar-refractivity contribution in [3.05, 3.63) is 33.9 Å². The zero-order chi connectivity index (χ0) is 15.7. The number of nitrogens with zero attached hydrogens (tertiary/aromatic N) is 1. The summed E-state index contributed by atoms with van der Waals surface area (Å²) in [4.78, 5) is 10.2. The molecule has 1 heterocycles. The number of rotatable bonds is 3. The lowest BCUT2D eigenvalue weighted by molar-refractivity contribution is -0.384. The Kier molecular flexibility index (Phi) is 4.43. The average molecular weight is 298 g/mol. The van der Waals surface area contributed by atoms with E-state index in [2.05, 4.69) is 5.32 Å². The third kappa shape index (κ3) is 3.13. The van der Waals surface area contributed by atoms with Crippen molar-refractivity contribution in [2.75, 3.05) is 5.32 Å². The van der Waals surface area contributed by atoms with Gasteiger partial charge in [0.1, 0.15) is 18.3 Å². The molecule has 1 aliphatic heterocycles. The van der Waals surface area contributed by atoms with Crippen LogP contribution in [0.5, 0.6) is 0 Å². The number of hydrogen-bond acceptors (Lipinski definition) is 7. The molecule has 1 aliphatic rings. The van der Waals surface area contributed by atoms with E-state index in [9.17, 15) is 25.4 Å². The van der Waals surface area contributed by atoms with Crippen molar-refractivity contribution in [1.29, 1.82) is 0 Å². The van der Waals surface area contributed by atoms with E-state index in [1.807, 2.05) is 0 Å². The number of non-ortho nitro benzene ring substituents is 1. The van der Waals surface area contributed by atoms with Gasteiger partial charge in [0.2, 0.25) is 0 Å². The summed E-state index contributed by atoms with van der Waals surface area (Å²) in [7, 11) is 0. The molecule has 0 spiro atoms. The van der Waals surface area contributed by atoms with Crippen LogP contribution in [0.1, 0.15) is 12.5 Å². The van der Waals surface area contributed by atoms with Crippen molar-refractivity contribution in [3.8, 4) is 0 Å². The van der Waals surface area contributed by atoms with Gasteiger partial charge >= 0.3 is 0 Å². The lowest BCUT2D eigenvalue weighted by atomic mass is 9.99. The summed E-state index contributed by atoms with van der Waals surface area (Å²) in [5.41, 5.74) is 1.11. The van der Waals surface area contributed by atoms with Gasteiger partial charge in [0, 0.05) is 17.8 Å². The fraction of sp³-hybridized carbons (Fsp3) is 0.538. The molecule has 5 atom stereocenters. The van der Waals surface area contributed by atoms with Crippen LogP contribution in [0.3, 0.4) is 0 Å². The number of nitro groups is 1. The fourth-order valence-corrected chi connectivity index (χ4v) is 2.25. The van der Waals surface area contributed by atoms with Gasteiger partial charge in [0.15, 0.2) is 6.23 Å². The summed E-state index contributed by atoms with van der Waals surface area (Å²) >= 11 is 0. The zero-order valence-electron chi connectivity index (χ0n) is 11.6. The predicted octanol–water partition coefficient (Wildman–Crippen LogP) is 0.143. The van der Waals surface area contributed by atoms with Crippen LogP contribution in [0.4, 0.5) is 11.4 Å². The highest BCUT2D eigenvalue weighted by Crippen LogP contribution is 2.26. The molecule has 1 aromatic rings. The highest BCUT2D eigenvalue weighted by atomic mass is 16.6. The number of nitro benzene ring substituents is 1. The third-order valence-electron chi connectivity index (χ3n) is 3.57. The summed E-state index contributed by atoms with van der Waals surface area (Å²) in [5, 5.41) is 42.8. The average Bonchev–Trinajstić information content (AvgIpc) is 2.44. The van der Waals surface area contributed by atoms with Crippen LogP contribution >= 0.6 is 0 Å². The Labute approximate surface area is 121 Å². The molecule has 116 valence electrons. The molecule has 0 aliphatic carbocycles. The minimum atomic E-state index is -1.33. The first-order valence-corrected chi connectivity index (χ1v) is 6.52. The minimum absolute atomic E-state index is 0.0352. The van der Waals surface area contributed by atoms with Gasteiger partial charge in [-0.1, -0.05) is 0 Å². The summed E-state index contributed by atoms with van der Waals surface area (Å²) in [6.07, 6.45) is -5.38. The minimum Gasteiger partial charge on any atom is -0.388 e. The quantitative estimate of drug-likeness (QED) is 0.462. The van der Waals surface area contributed by atoms with E-state index in [4.69, 9.17) is 4.74 Å². The third-order valence-corrected chi connectivity index (χ3v) is 3.57. The smallest absolute Gasteiger partial charge is 0.269 e. The van der Waals surface area contributed by atoms with Gasteiger partial charge in [0.25, 0.3) is 5.69 Å². The van der Waals surface area contributed by atoms with Crippen LogP contribution < -0.4 is 5.32 Å². The first-order valence-electron chi connectivity index (χ1n) is 6.52. The molecule has 0 unspecified atom stereocenters. The summed E-state index contributed by atoms with van der Waals surface area (Å²) in [6.45, 7) is 3.26. The Morgan fingerprint density at radius 1 is 1.24 bits per heavy atom. The molecule has 0 amide bonds. The lowest BCUT2D eigenvalue weighted by Gasteiger charge is -2.40. The molecular formula is C13H18N2O6. The molecule has 0 aromatic heterocycles. The Morgan fingerprint density at radius 2 is 1.90 bits per heavy atom.